The molecule has 1 fully saturated rings. The van der Waals surface area contributed by atoms with Gasteiger partial charge in [-0.2, -0.15) is 5.06 Å². The number of hydroxylamine groups is 2. The van der Waals surface area contributed by atoms with Crippen molar-refractivity contribution < 1.29 is 10.3 Å². The largest absolute Gasteiger partial charge is 0.396 e. The van der Waals surface area contributed by atoms with Gasteiger partial charge in [0.2, 0.25) is 0 Å². The van der Waals surface area contributed by atoms with E-state index in [2.05, 4.69) is 27.7 Å². The highest BCUT2D eigenvalue weighted by molar-refractivity contribution is 4.99. The van der Waals surface area contributed by atoms with Gasteiger partial charge in [-0.15, -0.1) is 0 Å². The quantitative estimate of drug-likeness (QED) is 0.717. The van der Waals surface area contributed by atoms with Gasteiger partial charge in [0.1, 0.15) is 0 Å². The molecule has 1 saturated heterocycles. The summed E-state index contributed by atoms with van der Waals surface area (Å²) in [6, 6.07) is 0. The first-order valence-corrected chi connectivity index (χ1v) is 5.41. The summed E-state index contributed by atoms with van der Waals surface area (Å²) >= 11 is 0. The molecule has 14 heavy (non-hydrogen) atoms. The van der Waals surface area contributed by atoms with E-state index < -0.39 is 0 Å². The van der Waals surface area contributed by atoms with E-state index in [0.717, 1.165) is 12.8 Å². The second-order valence-electron chi connectivity index (χ2n) is 5.40. The third-order valence-corrected chi connectivity index (χ3v) is 4.41. The molecule has 0 aromatic carbocycles. The Bertz CT molecular complexity index is 201. The Balaban J connectivity index is 2.85. The molecule has 0 aromatic rings. The Labute approximate surface area is 86.7 Å². The lowest BCUT2D eigenvalue weighted by Crippen LogP contribution is -2.60. The monoisotopic (exact) mass is 201 g/mol. The molecule has 1 heterocycles. The van der Waals surface area contributed by atoms with Crippen molar-refractivity contribution in [3.63, 3.8) is 0 Å². The Hall–Kier alpha value is -0.120. The topological polar surface area (TPSA) is 43.7 Å². The molecule has 0 bridgehead atoms. The zero-order valence-electron chi connectivity index (χ0n) is 9.75. The highest BCUT2D eigenvalue weighted by Crippen LogP contribution is 2.47. The summed E-state index contributed by atoms with van der Waals surface area (Å²) < 4.78 is 0. The van der Waals surface area contributed by atoms with E-state index in [0.29, 0.717) is 12.5 Å². The SMILES string of the molecule is CC1(C)C(CCO)CCN(O)C1(C)C. The van der Waals surface area contributed by atoms with Gasteiger partial charge in [-0.1, -0.05) is 13.8 Å². The number of aliphatic hydroxyl groups is 1. The van der Waals surface area contributed by atoms with E-state index in [1.807, 2.05) is 0 Å². The number of aliphatic hydroxyl groups excluding tert-OH is 1. The van der Waals surface area contributed by atoms with Crippen molar-refractivity contribution in [2.24, 2.45) is 11.3 Å². The Morgan fingerprint density at radius 2 is 1.86 bits per heavy atom. The fraction of sp³-hybridized carbons (Fsp3) is 1.00. The van der Waals surface area contributed by atoms with E-state index in [1.165, 1.54) is 5.06 Å². The molecule has 3 nitrogen and oxygen atoms in total. The zero-order chi connectivity index (χ0) is 11.0. The van der Waals surface area contributed by atoms with Crippen molar-refractivity contribution in [3.05, 3.63) is 0 Å². The van der Waals surface area contributed by atoms with E-state index in [-0.39, 0.29) is 17.6 Å². The van der Waals surface area contributed by atoms with Gasteiger partial charge >= 0.3 is 0 Å². The van der Waals surface area contributed by atoms with Crippen LogP contribution in [-0.4, -0.2) is 34.1 Å². The van der Waals surface area contributed by atoms with Crippen LogP contribution in [0.4, 0.5) is 0 Å². The molecule has 1 unspecified atom stereocenters. The van der Waals surface area contributed by atoms with Crippen LogP contribution in [0.5, 0.6) is 0 Å². The predicted molar refractivity (Wildman–Crippen MR) is 56.2 cm³/mol. The van der Waals surface area contributed by atoms with Crippen LogP contribution in [0, 0.1) is 11.3 Å². The maximum absolute atomic E-state index is 9.83. The molecule has 1 rings (SSSR count). The lowest BCUT2D eigenvalue weighted by Gasteiger charge is -2.54. The first kappa shape index (κ1) is 12.0. The standard InChI is InChI=1S/C11H23NO2/c1-10(2)9(6-8-13)5-7-12(14)11(10,3)4/h9,13-14H,5-8H2,1-4H3. The van der Waals surface area contributed by atoms with Gasteiger partial charge in [0.05, 0.1) is 0 Å². The summed E-state index contributed by atoms with van der Waals surface area (Å²) in [5.74, 6) is 0.492. The molecular weight excluding hydrogens is 178 g/mol. The molecule has 2 N–H and O–H groups in total. The van der Waals surface area contributed by atoms with Gasteiger partial charge in [0.25, 0.3) is 0 Å². The van der Waals surface area contributed by atoms with E-state index in [9.17, 15) is 5.21 Å². The van der Waals surface area contributed by atoms with Crippen molar-refractivity contribution in [2.45, 2.75) is 46.1 Å². The van der Waals surface area contributed by atoms with Crippen LogP contribution >= 0.6 is 0 Å². The number of rotatable bonds is 2. The number of nitrogens with zero attached hydrogens (tertiary/aromatic N) is 1. The fourth-order valence-electron chi connectivity index (χ4n) is 2.41. The van der Waals surface area contributed by atoms with Crippen LogP contribution in [0.3, 0.4) is 0 Å². The number of hydrogen-bond acceptors (Lipinski definition) is 3. The van der Waals surface area contributed by atoms with Crippen LogP contribution in [0.25, 0.3) is 0 Å². The normalized spacial score (nSPS) is 31.7. The molecule has 1 atom stereocenters. The summed E-state index contributed by atoms with van der Waals surface area (Å²) in [5, 5.41) is 20.3. The van der Waals surface area contributed by atoms with Crippen LogP contribution in [0.15, 0.2) is 0 Å². The minimum Gasteiger partial charge on any atom is -0.396 e. The van der Waals surface area contributed by atoms with E-state index >= 15 is 0 Å². The summed E-state index contributed by atoms with van der Waals surface area (Å²) in [4.78, 5) is 0. The van der Waals surface area contributed by atoms with Gasteiger partial charge in [-0.25, -0.2) is 0 Å². The van der Waals surface area contributed by atoms with Gasteiger partial charge in [-0.3, -0.25) is 0 Å². The van der Waals surface area contributed by atoms with Crippen molar-refractivity contribution in [1.82, 2.24) is 5.06 Å². The van der Waals surface area contributed by atoms with Crippen molar-refractivity contribution in [1.29, 1.82) is 0 Å². The molecule has 0 aromatic heterocycles. The number of hydrogen-bond donors (Lipinski definition) is 2. The Kier molecular flexibility index (Phi) is 3.24. The van der Waals surface area contributed by atoms with Crippen LogP contribution in [0.1, 0.15) is 40.5 Å². The van der Waals surface area contributed by atoms with E-state index in [4.69, 9.17) is 5.11 Å². The average molecular weight is 201 g/mol. The highest BCUT2D eigenvalue weighted by Gasteiger charge is 2.49. The minimum atomic E-state index is -0.217. The lowest BCUT2D eigenvalue weighted by atomic mass is 9.61. The Morgan fingerprint density at radius 3 is 2.36 bits per heavy atom. The molecule has 3 heteroatoms. The zero-order valence-corrected chi connectivity index (χ0v) is 9.75. The summed E-state index contributed by atoms with van der Waals surface area (Å²) in [6.45, 7) is 9.44. The first-order chi connectivity index (χ1) is 6.34. The third-order valence-electron chi connectivity index (χ3n) is 4.41. The molecular formula is C11H23NO2. The summed E-state index contributed by atoms with van der Waals surface area (Å²) in [7, 11) is 0. The maximum atomic E-state index is 9.83. The smallest absolute Gasteiger partial charge is 0.0457 e. The van der Waals surface area contributed by atoms with Crippen LogP contribution in [0.2, 0.25) is 0 Å². The van der Waals surface area contributed by atoms with Gasteiger partial charge in [-0.05, 0) is 38.0 Å². The molecule has 0 radical (unpaired) electrons. The minimum absolute atomic E-state index is 0.0305. The Morgan fingerprint density at radius 1 is 1.29 bits per heavy atom. The van der Waals surface area contributed by atoms with Crippen molar-refractivity contribution in [2.75, 3.05) is 13.2 Å². The summed E-state index contributed by atoms with van der Waals surface area (Å²) in [5.41, 5.74) is -0.187. The highest BCUT2D eigenvalue weighted by atomic mass is 16.5. The molecule has 0 saturated carbocycles. The molecule has 0 spiro atoms. The molecule has 0 aliphatic carbocycles. The first-order valence-electron chi connectivity index (χ1n) is 5.41. The summed E-state index contributed by atoms with van der Waals surface area (Å²) in [6.07, 6.45) is 1.80. The molecule has 1 aliphatic heterocycles. The van der Waals surface area contributed by atoms with Gasteiger partial charge < -0.3 is 10.3 Å². The van der Waals surface area contributed by atoms with E-state index in [1.54, 1.807) is 0 Å². The second-order valence-corrected chi connectivity index (χ2v) is 5.40. The lowest BCUT2D eigenvalue weighted by molar-refractivity contribution is -0.235. The molecule has 0 amide bonds. The van der Waals surface area contributed by atoms with Crippen molar-refractivity contribution in [3.8, 4) is 0 Å². The maximum Gasteiger partial charge on any atom is 0.0457 e. The van der Waals surface area contributed by atoms with Gasteiger partial charge in [0, 0.05) is 18.7 Å². The third kappa shape index (κ3) is 1.69. The average Bonchev–Trinajstić information content (AvgIpc) is 2.08. The molecule has 1 aliphatic rings. The molecule has 84 valence electrons. The van der Waals surface area contributed by atoms with Gasteiger partial charge in [0.15, 0.2) is 0 Å². The fourth-order valence-corrected chi connectivity index (χ4v) is 2.41. The predicted octanol–water partition coefficient (Wildman–Crippen LogP) is 1.88. The second kappa shape index (κ2) is 3.80. The van der Waals surface area contributed by atoms with Crippen molar-refractivity contribution >= 4 is 0 Å². The number of piperidine rings is 1. The van der Waals surface area contributed by atoms with Crippen LogP contribution in [-0.2, 0) is 0 Å². The van der Waals surface area contributed by atoms with Crippen LogP contribution < -0.4 is 0 Å².